The number of aromatic amines is 2. The molecule has 7 nitrogen and oxygen atoms in total. The molecule has 5 aromatic rings. The molecule has 9 heteroatoms. The van der Waals surface area contributed by atoms with Gasteiger partial charge in [-0.15, -0.1) is 0 Å². The average Bonchev–Trinajstić information content (AvgIpc) is 3.55. The third kappa shape index (κ3) is 5.22. The second-order valence-electron chi connectivity index (χ2n) is 8.78. The van der Waals surface area contributed by atoms with Crippen LogP contribution in [0.5, 0.6) is 11.5 Å². The number of carbonyl (C=O) groups is 1. The predicted octanol–water partition coefficient (Wildman–Crippen LogP) is 5.93. The van der Waals surface area contributed by atoms with Crippen molar-refractivity contribution in [2.24, 2.45) is 0 Å². The van der Waals surface area contributed by atoms with Crippen LogP contribution >= 0.6 is 0 Å². The number of H-pyrrole nitrogens is 2. The fourth-order valence-corrected chi connectivity index (χ4v) is 4.38. The average molecular weight is 517 g/mol. The Morgan fingerprint density at radius 1 is 1.05 bits per heavy atom. The van der Waals surface area contributed by atoms with Crippen molar-refractivity contribution in [2.45, 2.75) is 12.8 Å². The Bertz CT molecular complexity index is 1610. The lowest BCUT2D eigenvalue weighted by Crippen LogP contribution is -2.26. The van der Waals surface area contributed by atoms with Crippen molar-refractivity contribution < 1.29 is 23.0 Å². The molecule has 0 saturated carbocycles. The topological polar surface area (TPSA) is 92.0 Å². The molecule has 0 aliphatic heterocycles. The molecular weight excluding hydrogens is 490 g/mol. The van der Waals surface area contributed by atoms with Gasteiger partial charge >= 0.3 is 0 Å². The summed E-state index contributed by atoms with van der Waals surface area (Å²) in [5.74, 6) is 1.17. The lowest BCUT2D eigenvalue weighted by molar-refractivity contribution is -0.116. The molecule has 3 aromatic carbocycles. The lowest BCUT2D eigenvalue weighted by atomic mass is 10.0. The Labute approximate surface area is 217 Å². The van der Waals surface area contributed by atoms with Gasteiger partial charge in [-0.1, -0.05) is 30.8 Å². The van der Waals surface area contributed by atoms with Gasteiger partial charge in [-0.05, 0) is 60.0 Å². The van der Waals surface area contributed by atoms with Gasteiger partial charge in [0.2, 0.25) is 5.91 Å². The number of halogens is 2. The number of aromatic nitrogens is 3. The number of amides is 1. The van der Waals surface area contributed by atoms with Crippen LogP contribution in [0.1, 0.15) is 23.1 Å². The summed E-state index contributed by atoms with van der Waals surface area (Å²) in [6.07, 6.45) is -0.677. The second kappa shape index (κ2) is 10.8. The minimum absolute atomic E-state index is 0.0632. The molecule has 5 rings (SSSR count). The van der Waals surface area contributed by atoms with Crippen LogP contribution in [0.15, 0.2) is 73.3 Å². The molecule has 0 radical (unpaired) electrons. The van der Waals surface area contributed by atoms with Crippen LogP contribution in [0, 0.1) is 0 Å². The molecule has 0 spiro atoms. The molecule has 0 bridgehead atoms. The second-order valence-corrected chi connectivity index (χ2v) is 8.78. The zero-order chi connectivity index (χ0) is 26.6. The maximum Gasteiger partial charge on any atom is 0.263 e. The van der Waals surface area contributed by atoms with Crippen LogP contribution in [-0.2, 0) is 11.2 Å². The van der Waals surface area contributed by atoms with Crippen molar-refractivity contribution in [3.8, 4) is 22.9 Å². The van der Waals surface area contributed by atoms with Gasteiger partial charge in [0.1, 0.15) is 23.8 Å². The first kappa shape index (κ1) is 25.0. The summed E-state index contributed by atoms with van der Waals surface area (Å²) in [5, 5.41) is 11.5. The van der Waals surface area contributed by atoms with Gasteiger partial charge in [0.25, 0.3) is 6.43 Å². The highest BCUT2D eigenvalue weighted by molar-refractivity contribution is 5.97. The number of alkyl halides is 2. The highest BCUT2D eigenvalue weighted by Crippen LogP contribution is 2.35. The van der Waals surface area contributed by atoms with E-state index < -0.39 is 6.43 Å². The number of rotatable bonds is 10. The summed E-state index contributed by atoms with van der Waals surface area (Å²) < 4.78 is 37.6. The smallest absolute Gasteiger partial charge is 0.263 e. The van der Waals surface area contributed by atoms with Gasteiger partial charge in [-0.3, -0.25) is 9.89 Å². The lowest BCUT2D eigenvalue weighted by Gasteiger charge is -2.11. The number of fused-ring (bicyclic) bond motifs is 2. The van der Waals surface area contributed by atoms with Gasteiger partial charge in [-0.25, -0.2) is 8.78 Å². The molecular formula is C29H26F2N4O3. The SMILES string of the molecule is C=CC(=O)NCCOc1cc(Cc2ccc(OC)cc2)cc2[nH]c(-c3n[nH]c4cc(C(F)F)ccc34)cc12. The summed E-state index contributed by atoms with van der Waals surface area (Å²) in [4.78, 5) is 14.9. The van der Waals surface area contributed by atoms with E-state index in [4.69, 9.17) is 9.47 Å². The zero-order valence-electron chi connectivity index (χ0n) is 20.7. The molecule has 194 valence electrons. The van der Waals surface area contributed by atoms with Crippen molar-refractivity contribution in [3.63, 3.8) is 0 Å². The van der Waals surface area contributed by atoms with Crippen molar-refractivity contribution in [1.82, 2.24) is 20.5 Å². The van der Waals surface area contributed by atoms with Gasteiger partial charge in [0, 0.05) is 21.9 Å². The first-order valence-corrected chi connectivity index (χ1v) is 12.0. The third-order valence-corrected chi connectivity index (χ3v) is 6.27. The van der Waals surface area contributed by atoms with Crippen molar-refractivity contribution in [1.29, 1.82) is 0 Å². The van der Waals surface area contributed by atoms with Crippen LogP contribution in [0.4, 0.5) is 8.78 Å². The van der Waals surface area contributed by atoms with Crippen molar-refractivity contribution >= 4 is 27.7 Å². The van der Waals surface area contributed by atoms with Gasteiger partial charge in [-0.2, -0.15) is 5.10 Å². The molecule has 0 aliphatic carbocycles. The molecule has 1 amide bonds. The number of carbonyl (C=O) groups excluding carboxylic acids is 1. The summed E-state index contributed by atoms with van der Waals surface area (Å²) in [5.41, 5.74) is 4.79. The van der Waals surface area contributed by atoms with E-state index in [1.165, 1.54) is 18.2 Å². The van der Waals surface area contributed by atoms with E-state index in [1.54, 1.807) is 13.2 Å². The molecule has 0 saturated heterocycles. The fraction of sp³-hybridized carbons (Fsp3) is 0.172. The van der Waals surface area contributed by atoms with E-state index in [0.717, 1.165) is 38.9 Å². The van der Waals surface area contributed by atoms with Gasteiger partial charge in [0.05, 0.1) is 24.9 Å². The number of ether oxygens (including phenoxy) is 2. The van der Waals surface area contributed by atoms with E-state index in [0.29, 0.717) is 29.9 Å². The Hall–Kier alpha value is -4.66. The maximum atomic E-state index is 13.1. The van der Waals surface area contributed by atoms with E-state index >= 15 is 0 Å². The molecule has 0 aliphatic rings. The maximum absolute atomic E-state index is 13.1. The Morgan fingerprint density at radius 2 is 1.87 bits per heavy atom. The number of methoxy groups -OCH3 is 1. The molecule has 3 N–H and O–H groups in total. The Kier molecular flexibility index (Phi) is 7.08. The molecule has 38 heavy (non-hydrogen) atoms. The molecule has 2 heterocycles. The third-order valence-electron chi connectivity index (χ3n) is 6.27. The number of nitrogens with zero attached hydrogens (tertiary/aromatic N) is 1. The minimum Gasteiger partial charge on any atom is -0.497 e. The number of hydrogen-bond acceptors (Lipinski definition) is 4. The summed E-state index contributed by atoms with van der Waals surface area (Å²) in [6.45, 7) is 4.04. The molecule has 0 fully saturated rings. The fourth-order valence-electron chi connectivity index (χ4n) is 4.38. The van der Waals surface area contributed by atoms with Crippen LogP contribution in [0.25, 0.3) is 33.2 Å². The van der Waals surface area contributed by atoms with Crippen LogP contribution in [0.2, 0.25) is 0 Å². The summed E-state index contributed by atoms with van der Waals surface area (Å²) in [7, 11) is 1.63. The van der Waals surface area contributed by atoms with E-state index in [2.05, 4.69) is 33.1 Å². The Morgan fingerprint density at radius 3 is 2.61 bits per heavy atom. The van der Waals surface area contributed by atoms with E-state index in [-0.39, 0.29) is 18.1 Å². The van der Waals surface area contributed by atoms with E-state index in [9.17, 15) is 13.6 Å². The summed E-state index contributed by atoms with van der Waals surface area (Å²) >= 11 is 0. The quantitative estimate of drug-likeness (QED) is 0.159. The first-order valence-electron chi connectivity index (χ1n) is 12.0. The molecule has 0 unspecified atom stereocenters. The minimum atomic E-state index is -2.56. The summed E-state index contributed by atoms with van der Waals surface area (Å²) in [6, 6.07) is 18.3. The van der Waals surface area contributed by atoms with Crippen molar-refractivity contribution in [3.05, 3.63) is 90.0 Å². The highest BCUT2D eigenvalue weighted by Gasteiger charge is 2.16. The van der Waals surface area contributed by atoms with Crippen LogP contribution < -0.4 is 14.8 Å². The standard InChI is InChI=1S/C29H26F2N4O3/c1-3-27(36)32-10-11-38-26-14-18(12-17-4-7-20(37-2)8-5-17)13-23-22(26)16-25(33-23)28-21-9-6-19(29(30)31)15-24(21)34-35-28/h3-9,13-16,29,33H,1,10-12H2,2H3,(H,32,36)(H,34,35). The van der Waals surface area contributed by atoms with Gasteiger partial charge < -0.3 is 19.8 Å². The first-order chi connectivity index (χ1) is 18.4. The normalized spacial score (nSPS) is 11.3. The Balaban J connectivity index is 1.50. The number of benzene rings is 3. The predicted molar refractivity (Wildman–Crippen MR) is 143 cm³/mol. The van der Waals surface area contributed by atoms with Gasteiger partial charge in [0.15, 0.2) is 0 Å². The highest BCUT2D eigenvalue weighted by atomic mass is 19.3. The zero-order valence-corrected chi connectivity index (χ0v) is 20.7. The molecule has 2 aromatic heterocycles. The number of hydrogen-bond donors (Lipinski definition) is 3. The van der Waals surface area contributed by atoms with E-state index in [1.807, 2.05) is 36.4 Å². The van der Waals surface area contributed by atoms with Crippen molar-refractivity contribution in [2.75, 3.05) is 20.3 Å². The number of nitrogens with one attached hydrogen (secondary N) is 3. The van der Waals surface area contributed by atoms with Crippen LogP contribution in [0.3, 0.4) is 0 Å². The molecule has 0 atom stereocenters. The van der Waals surface area contributed by atoms with Crippen LogP contribution in [-0.4, -0.2) is 41.3 Å². The monoisotopic (exact) mass is 516 g/mol. The largest absolute Gasteiger partial charge is 0.497 e.